The van der Waals surface area contributed by atoms with Gasteiger partial charge in [-0.2, -0.15) is 0 Å². The highest BCUT2D eigenvalue weighted by Gasteiger charge is 2.23. The molecule has 0 unspecified atom stereocenters. The first-order valence-electron chi connectivity index (χ1n) is 5.79. The van der Waals surface area contributed by atoms with Crippen LogP contribution in [0.4, 0.5) is 4.79 Å². The average molecular weight is 243 g/mol. The second-order valence-corrected chi connectivity index (χ2v) is 5.43. The van der Waals surface area contributed by atoms with Crippen LogP contribution in [0.2, 0.25) is 0 Å². The van der Waals surface area contributed by atoms with Crippen molar-refractivity contribution in [1.82, 2.24) is 15.5 Å². The van der Waals surface area contributed by atoms with Crippen LogP contribution in [-0.2, 0) is 4.79 Å². The summed E-state index contributed by atoms with van der Waals surface area (Å²) in [6, 6.07) is -0.484. The number of imide groups is 1. The highest BCUT2D eigenvalue weighted by molar-refractivity contribution is 5.95. The molecule has 0 aliphatic carbocycles. The summed E-state index contributed by atoms with van der Waals surface area (Å²) >= 11 is 0. The Kier molecular flexibility index (Phi) is 4.47. The number of β-amino-alcohol motifs (C(OH)–C–C–N with tert-alkyl or cyclic N) is 1. The number of likely N-dealkylation sites (tertiary alicyclic amines) is 1. The van der Waals surface area contributed by atoms with Crippen molar-refractivity contribution in [2.75, 3.05) is 19.6 Å². The maximum absolute atomic E-state index is 11.5. The van der Waals surface area contributed by atoms with Gasteiger partial charge in [0.25, 0.3) is 0 Å². The lowest BCUT2D eigenvalue weighted by Gasteiger charge is -2.21. The second kappa shape index (κ2) is 5.46. The number of nitrogens with zero attached hydrogens (tertiary/aromatic N) is 1. The molecule has 0 radical (unpaired) electrons. The van der Waals surface area contributed by atoms with Gasteiger partial charge in [-0.15, -0.1) is 0 Å². The molecule has 6 nitrogen and oxygen atoms in total. The number of aliphatic hydroxyl groups is 1. The van der Waals surface area contributed by atoms with Crippen LogP contribution >= 0.6 is 0 Å². The van der Waals surface area contributed by atoms with E-state index in [1.54, 1.807) is 0 Å². The van der Waals surface area contributed by atoms with E-state index in [9.17, 15) is 14.7 Å². The zero-order valence-electron chi connectivity index (χ0n) is 10.6. The molecule has 1 rings (SSSR count). The first-order chi connectivity index (χ1) is 7.76. The topological polar surface area (TPSA) is 81.7 Å². The number of amides is 3. The van der Waals surface area contributed by atoms with Crippen molar-refractivity contribution in [2.45, 2.75) is 38.8 Å². The number of nitrogens with one attached hydrogen (secondary N) is 2. The summed E-state index contributed by atoms with van der Waals surface area (Å²) in [5.41, 5.74) is -0.367. The molecular formula is C11H21N3O3. The molecule has 6 heteroatoms. The van der Waals surface area contributed by atoms with Crippen LogP contribution < -0.4 is 10.6 Å². The molecular weight excluding hydrogens is 222 g/mol. The fourth-order valence-corrected chi connectivity index (χ4v) is 1.70. The van der Waals surface area contributed by atoms with Gasteiger partial charge in [-0.1, -0.05) is 0 Å². The largest absolute Gasteiger partial charge is 0.392 e. The highest BCUT2D eigenvalue weighted by Crippen LogP contribution is 2.07. The summed E-state index contributed by atoms with van der Waals surface area (Å²) in [6.07, 6.45) is 0.327. The average Bonchev–Trinajstić information content (AvgIpc) is 2.46. The third kappa shape index (κ3) is 5.65. The summed E-state index contributed by atoms with van der Waals surface area (Å²) in [7, 11) is 0. The number of aliphatic hydroxyl groups excluding tert-OH is 1. The van der Waals surface area contributed by atoms with Crippen molar-refractivity contribution < 1.29 is 14.7 Å². The van der Waals surface area contributed by atoms with Crippen LogP contribution in [-0.4, -0.2) is 53.2 Å². The van der Waals surface area contributed by atoms with Gasteiger partial charge in [-0.05, 0) is 27.2 Å². The Balaban J connectivity index is 2.27. The molecule has 3 N–H and O–H groups in total. The molecule has 3 amide bonds. The normalized spacial score (nSPS) is 21.3. The first-order valence-corrected chi connectivity index (χ1v) is 5.79. The van der Waals surface area contributed by atoms with Gasteiger partial charge in [-0.3, -0.25) is 15.0 Å². The molecule has 1 aliphatic rings. The molecule has 1 fully saturated rings. The fraction of sp³-hybridized carbons (Fsp3) is 0.818. The Morgan fingerprint density at radius 2 is 2.06 bits per heavy atom. The van der Waals surface area contributed by atoms with E-state index in [0.717, 1.165) is 0 Å². The number of carbonyl (C=O) groups excluding carboxylic acids is 2. The molecule has 0 aromatic heterocycles. The lowest BCUT2D eigenvalue weighted by atomic mass is 10.1. The van der Waals surface area contributed by atoms with Gasteiger partial charge in [0, 0.05) is 18.6 Å². The Morgan fingerprint density at radius 1 is 1.41 bits per heavy atom. The predicted octanol–water partition coefficient (Wildman–Crippen LogP) is -0.323. The first kappa shape index (κ1) is 13.9. The Labute approximate surface area is 101 Å². The van der Waals surface area contributed by atoms with Gasteiger partial charge in [0.1, 0.15) is 0 Å². The molecule has 0 aromatic carbocycles. The van der Waals surface area contributed by atoms with Gasteiger partial charge in [-0.25, -0.2) is 4.79 Å². The minimum absolute atomic E-state index is 0.147. The zero-order chi connectivity index (χ0) is 13.1. The van der Waals surface area contributed by atoms with E-state index in [4.69, 9.17) is 0 Å². The molecule has 1 saturated heterocycles. The van der Waals surface area contributed by atoms with Crippen LogP contribution in [0.15, 0.2) is 0 Å². The lowest BCUT2D eigenvalue weighted by Crippen LogP contribution is -2.50. The van der Waals surface area contributed by atoms with Crippen LogP contribution in [0.5, 0.6) is 0 Å². The molecule has 0 bridgehead atoms. The van der Waals surface area contributed by atoms with E-state index in [-0.39, 0.29) is 24.1 Å². The molecule has 1 aliphatic heterocycles. The van der Waals surface area contributed by atoms with Crippen LogP contribution in [0.1, 0.15) is 27.2 Å². The Morgan fingerprint density at radius 3 is 2.53 bits per heavy atom. The van der Waals surface area contributed by atoms with E-state index in [1.165, 1.54) is 0 Å². The third-order valence-electron chi connectivity index (χ3n) is 2.36. The molecule has 98 valence electrons. The van der Waals surface area contributed by atoms with E-state index in [1.807, 2.05) is 25.7 Å². The molecule has 1 heterocycles. The SMILES string of the molecule is CC(C)(C)NC(=O)NC(=O)CN1CC[C@@H](O)C1. The molecule has 0 aromatic rings. The Bertz CT molecular complexity index is 299. The standard InChI is InChI=1S/C11H21N3O3/c1-11(2,3)13-10(17)12-9(16)7-14-5-4-8(15)6-14/h8,15H,4-7H2,1-3H3,(H2,12,13,16,17)/t8-/m1/s1. The van der Waals surface area contributed by atoms with Gasteiger partial charge in [0.15, 0.2) is 0 Å². The van der Waals surface area contributed by atoms with E-state index in [2.05, 4.69) is 10.6 Å². The second-order valence-electron chi connectivity index (χ2n) is 5.43. The molecule has 0 saturated carbocycles. The van der Waals surface area contributed by atoms with Crippen LogP contribution in [0.25, 0.3) is 0 Å². The summed E-state index contributed by atoms with van der Waals surface area (Å²) in [4.78, 5) is 24.7. The van der Waals surface area contributed by atoms with Crippen molar-refractivity contribution in [3.05, 3.63) is 0 Å². The summed E-state index contributed by atoms with van der Waals surface area (Å²) in [5.74, 6) is -0.346. The van der Waals surface area contributed by atoms with Crippen LogP contribution in [0, 0.1) is 0 Å². The molecule has 1 atom stereocenters. The highest BCUT2D eigenvalue weighted by atomic mass is 16.3. The fourth-order valence-electron chi connectivity index (χ4n) is 1.70. The number of rotatable bonds is 2. The smallest absolute Gasteiger partial charge is 0.321 e. The summed E-state index contributed by atoms with van der Waals surface area (Å²) in [6.45, 7) is 6.86. The number of carbonyl (C=O) groups is 2. The summed E-state index contributed by atoms with van der Waals surface area (Å²) in [5, 5.41) is 14.2. The van der Waals surface area contributed by atoms with Crippen molar-refractivity contribution in [3.8, 4) is 0 Å². The van der Waals surface area contributed by atoms with Gasteiger partial charge in [0.05, 0.1) is 12.6 Å². The Hall–Kier alpha value is -1.14. The van der Waals surface area contributed by atoms with E-state index < -0.39 is 6.03 Å². The van der Waals surface area contributed by atoms with Gasteiger partial charge < -0.3 is 10.4 Å². The zero-order valence-corrected chi connectivity index (χ0v) is 10.6. The summed E-state index contributed by atoms with van der Waals surface area (Å²) < 4.78 is 0. The quantitative estimate of drug-likeness (QED) is 0.620. The molecule has 17 heavy (non-hydrogen) atoms. The predicted molar refractivity (Wildman–Crippen MR) is 63.5 cm³/mol. The van der Waals surface area contributed by atoms with E-state index in [0.29, 0.717) is 19.5 Å². The third-order valence-corrected chi connectivity index (χ3v) is 2.36. The number of hydrogen-bond donors (Lipinski definition) is 3. The molecule has 0 spiro atoms. The van der Waals surface area contributed by atoms with E-state index >= 15 is 0 Å². The number of urea groups is 1. The monoisotopic (exact) mass is 243 g/mol. The van der Waals surface area contributed by atoms with Gasteiger partial charge >= 0.3 is 6.03 Å². The van der Waals surface area contributed by atoms with Crippen molar-refractivity contribution in [2.24, 2.45) is 0 Å². The van der Waals surface area contributed by atoms with Crippen molar-refractivity contribution >= 4 is 11.9 Å². The van der Waals surface area contributed by atoms with Crippen molar-refractivity contribution in [3.63, 3.8) is 0 Å². The number of hydrogen-bond acceptors (Lipinski definition) is 4. The maximum atomic E-state index is 11.5. The van der Waals surface area contributed by atoms with Crippen LogP contribution in [0.3, 0.4) is 0 Å². The minimum atomic E-state index is -0.484. The maximum Gasteiger partial charge on any atom is 0.321 e. The minimum Gasteiger partial charge on any atom is -0.392 e. The lowest BCUT2D eigenvalue weighted by molar-refractivity contribution is -0.121. The van der Waals surface area contributed by atoms with Crippen molar-refractivity contribution in [1.29, 1.82) is 0 Å². The van der Waals surface area contributed by atoms with Gasteiger partial charge in [0.2, 0.25) is 5.91 Å².